The first-order chi connectivity index (χ1) is 8.89. The number of oxime groups is 1. The van der Waals surface area contributed by atoms with Gasteiger partial charge in [-0.05, 0) is 19.1 Å². The number of anilines is 1. The summed E-state index contributed by atoms with van der Waals surface area (Å²) >= 11 is 0. The van der Waals surface area contributed by atoms with Crippen LogP contribution < -0.4 is 20.5 Å². The minimum absolute atomic E-state index is 0.0142. The molecule has 8 heteroatoms. The average molecular weight is 273 g/mol. The van der Waals surface area contributed by atoms with Gasteiger partial charge in [0.15, 0.2) is 11.5 Å². The molecule has 1 heterocycles. The molecule has 2 rings (SSSR count). The Kier molecular flexibility index (Phi) is 3.32. The van der Waals surface area contributed by atoms with Crippen molar-refractivity contribution in [1.82, 2.24) is 0 Å². The summed E-state index contributed by atoms with van der Waals surface area (Å²) in [5, 5.41) is 14.3. The van der Waals surface area contributed by atoms with Crippen LogP contribution >= 0.6 is 0 Å². The minimum Gasteiger partial charge on any atom is -0.409 e. The van der Waals surface area contributed by atoms with Gasteiger partial charge in [-0.2, -0.15) is 0 Å². The van der Waals surface area contributed by atoms with Gasteiger partial charge in [0.1, 0.15) is 5.84 Å². The fourth-order valence-corrected chi connectivity index (χ4v) is 1.73. The molecule has 6 nitrogen and oxygen atoms in total. The molecule has 1 unspecified atom stereocenters. The zero-order chi connectivity index (χ0) is 14.0. The van der Waals surface area contributed by atoms with Crippen molar-refractivity contribution in [3.05, 3.63) is 18.2 Å². The summed E-state index contributed by atoms with van der Waals surface area (Å²) in [5.74, 6) is 0.0258. The Morgan fingerprint density at radius 3 is 2.84 bits per heavy atom. The number of benzene rings is 1. The predicted octanol–water partition coefficient (Wildman–Crippen LogP) is 1.94. The van der Waals surface area contributed by atoms with E-state index < -0.39 is 6.29 Å². The number of alkyl halides is 2. The lowest BCUT2D eigenvalue weighted by Gasteiger charge is -2.14. The van der Waals surface area contributed by atoms with E-state index in [1.165, 1.54) is 12.1 Å². The first-order valence-corrected chi connectivity index (χ1v) is 5.52. The van der Waals surface area contributed by atoms with Gasteiger partial charge in [0.25, 0.3) is 0 Å². The number of fused-ring (bicyclic) bond motifs is 1. The molecule has 1 aliphatic heterocycles. The minimum atomic E-state index is -3.62. The van der Waals surface area contributed by atoms with Crippen LogP contribution in [-0.2, 0) is 0 Å². The lowest BCUT2D eigenvalue weighted by Crippen LogP contribution is -2.26. The van der Waals surface area contributed by atoms with Gasteiger partial charge in [0.05, 0.1) is 0 Å². The van der Waals surface area contributed by atoms with Crippen LogP contribution in [-0.4, -0.2) is 23.4 Å². The second-order valence-electron chi connectivity index (χ2n) is 4.17. The smallest absolute Gasteiger partial charge is 0.409 e. The molecule has 0 amide bonds. The predicted molar refractivity (Wildman–Crippen MR) is 63.8 cm³/mol. The van der Waals surface area contributed by atoms with Crippen LogP contribution in [0.15, 0.2) is 23.4 Å². The van der Waals surface area contributed by atoms with E-state index in [4.69, 9.17) is 10.9 Å². The first kappa shape index (κ1) is 13.2. The van der Waals surface area contributed by atoms with E-state index in [9.17, 15) is 8.78 Å². The molecule has 0 aromatic heterocycles. The summed E-state index contributed by atoms with van der Waals surface area (Å²) in [5.41, 5.74) is 5.94. The van der Waals surface area contributed by atoms with Gasteiger partial charge in [-0.3, -0.25) is 0 Å². The maximum Gasteiger partial charge on any atom is 0.586 e. The Morgan fingerprint density at radius 2 is 2.16 bits per heavy atom. The topological polar surface area (TPSA) is 89.1 Å². The van der Waals surface area contributed by atoms with Gasteiger partial charge < -0.3 is 25.7 Å². The van der Waals surface area contributed by atoms with Crippen molar-refractivity contribution in [1.29, 1.82) is 0 Å². The fraction of sp³-hybridized carbons (Fsp3) is 0.364. The molecule has 19 heavy (non-hydrogen) atoms. The molecule has 0 bridgehead atoms. The Bertz CT molecular complexity index is 508. The van der Waals surface area contributed by atoms with Crippen LogP contribution in [0, 0.1) is 0 Å². The highest BCUT2D eigenvalue weighted by molar-refractivity contribution is 5.80. The number of hydrogen-bond donors (Lipinski definition) is 3. The van der Waals surface area contributed by atoms with Crippen LogP contribution in [0.4, 0.5) is 14.5 Å². The fourth-order valence-electron chi connectivity index (χ4n) is 1.73. The molecule has 4 N–H and O–H groups in total. The number of hydrogen-bond acceptors (Lipinski definition) is 5. The molecule has 0 aliphatic carbocycles. The van der Waals surface area contributed by atoms with Crippen LogP contribution in [0.2, 0.25) is 0 Å². The lowest BCUT2D eigenvalue weighted by molar-refractivity contribution is -0.286. The van der Waals surface area contributed by atoms with Gasteiger partial charge in [-0.15, -0.1) is 8.78 Å². The highest BCUT2D eigenvalue weighted by Crippen LogP contribution is 2.42. The molecule has 1 aromatic carbocycles. The van der Waals surface area contributed by atoms with E-state index in [0.29, 0.717) is 12.1 Å². The van der Waals surface area contributed by atoms with E-state index >= 15 is 0 Å². The van der Waals surface area contributed by atoms with Crippen molar-refractivity contribution in [3.8, 4) is 11.5 Å². The maximum atomic E-state index is 12.8. The molecule has 1 aromatic rings. The van der Waals surface area contributed by atoms with Crippen LogP contribution in [0.5, 0.6) is 11.5 Å². The standard InChI is InChI=1S/C11H13F2N3O3/c1-6(4-10(14)16-17)15-7-2-3-8-9(5-7)19-11(12,13)18-8/h2-3,5-6,15,17H,4H2,1H3,(H2,14,16). The van der Waals surface area contributed by atoms with E-state index in [1.54, 1.807) is 13.0 Å². The highest BCUT2D eigenvalue weighted by Gasteiger charge is 2.43. The number of ether oxygens (including phenoxy) is 2. The van der Waals surface area contributed by atoms with Gasteiger partial charge in [0, 0.05) is 24.2 Å². The Labute approximate surface area is 107 Å². The van der Waals surface area contributed by atoms with Crippen molar-refractivity contribution in [2.75, 3.05) is 5.32 Å². The Balaban J connectivity index is 2.04. The van der Waals surface area contributed by atoms with Crippen molar-refractivity contribution in [3.63, 3.8) is 0 Å². The largest absolute Gasteiger partial charge is 0.586 e. The van der Waals surface area contributed by atoms with Gasteiger partial charge in [0.2, 0.25) is 0 Å². The summed E-state index contributed by atoms with van der Waals surface area (Å²) in [6.45, 7) is 1.80. The van der Waals surface area contributed by atoms with E-state index in [0.717, 1.165) is 0 Å². The van der Waals surface area contributed by atoms with Crippen molar-refractivity contribution in [2.45, 2.75) is 25.7 Å². The molecule has 1 atom stereocenters. The second kappa shape index (κ2) is 4.79. The quantitative estimate of drug-likeness (QED) is 0.337. The Hall–Kier alpha value is -2.25. The third kappa shape index (κ3) is 3.15. The maximum absolute atomic E-state index is 12.8. The second-order valence-corrected chi connectivity index (χ2v) is 4.17. The summed E-state index contributed by atoms with van der Waals surface area (Å²) in [6, 6.07) is 4.22. The highest BCUT2D eigenvalue weighted by atomic mass is 19.3. The molecular weight excluding hydrogens is 260 g/mol. The Morgan fingerprint density at radius 1 is 1.47 bits per heavy atom. The molecule has 1 aliphatic rings. The van der Waals surface area contributed by atoms with E-state index in [2.05, 4.69) is 19.9 Å². The number of nitrogens with two attached hydrogens (primary N) is 1. The van der Waals surface area contributed by atoms with Crippen LogP contribution in [0.1, 0.15) is 13.3 Å². The zero-order valence-corrected chi connectivity index (χ0v) is 10.1. The monoisotopic (exact) mass is 273 g/mol. The van der Waals surface area contributed by atoms with Crippen LogP contribution in [0.25, 0.3) is 0 Å². The summed E-state index contributed by atoms with van der Waals surface area (Å²) in [7, 11) is 0. The molecule has 0 saturated carbocycles. The van der Waals surface area contributed by atoms with E-state index in [-0.39, 0.29) is 23.4 Å². The van der Waals surface area contributed by atoms with Gasteiger partial charge >= 0.3 is 6.29 Å². The van der Waals surface area contributed by atoms with E-state index in [1.807, 2.05) is 0 Å². The number of amidine groups is 1. The molecule has 0 radical (unpaired) electrons. The SMILES string of the molecule is CC(CC(N)=NO)Nc1ccc2c(c1)OC(F)(F)O2. The van der Waals surface area contributed by atoms with Crippen molar-refractivity contribution >= 4 is 11.5 Å². The van der Waals surface area contributed by atoms with Gasteiger partial charge in [-0.1, -0.05) is 5.16 Å². The number of rotatable bonds is 4. The normalized spacial score (nSPS) is 18.2. The molecule has 104 valence electrons. The molecular formula is C11H13F2N3O3. The molecule has 0 spiro atoms. The number of nitrogens with zero attached hydrogens (tertiary/aromatic N) is 1. The average Bonchev–Trinajstić information content (AvgIpc) is 2.61. The first-order valence-electron chi connectivity index (χ1n) is 5.52. The third-order valence-electron chi connectivity index (χ3n) is 2.46. The van der Waals surface area contributed by atoms with Crippen molar-refractivity contribution in [2.24, 2.45) is 10.9 Å². The molecule has 0 fully saturated rings. The van der Waals surface area contributed by atoms with Crippen LogP contribution in [0.3, 0.4) is 0 Å². The zero-order valence-electron chi connectivity index (χ0n) is 10.1. The summed E-state index contributed by atoms with van der Waals surface area (Å²) in [4.78, 5) is 0. The lowest BCUT2D eigenvalue weighted by atomic mass is 10.2. The summed E-state index contributed by atoms with van der Waals surface area (Å²) in [6.07, 6.45) is -3.32. The summed E-state index contributed by atoms with van der Waals surface area (Å²) < 4.78 is 34.3. The van der Waals surface area contributed by atoms with Gasteiger partial charge in [-0.25, -0.2) is 0 Å². The third-order valence-corrected chi connectivity index (χ3v) is 2.46. The number of halogens is 2. The molecule has 0 saturated heterocycles. The van der Waals surface area contributed by atoms with Crippen molar-refractivity contribution < 1.29 is 23.5 Å². The number of nitrogens with one attached hydrogen (secondary N) is 1.